The highest BCUT2D eigenvalue weighted by molar-refractivity contribution is 7.14. The van der Waals surface area contributed by atoms with Crippen LogP contribution in [0, 0.1) is 5.92 Å². The number of aryl methyl sites for hydroxylation is 1. The van der Waals surface area contributed by atoms with Gasteiger partial charge in [0.25, 0.3) is 5.91 Å². The van der Waals surface area contributed by atoms with Crippen molar-refractivity contribution in [3.8, 4) is 11.5 Å². The molecule has 2 aromatic heterocycles. The van der Waals surface area contributed by atoms with Gasteiger partial charge in [-0.1, -0.05) is 6.92 Å². The summed E-state index contributed by atoms with van der Waals surface area (Å²) in [6.07, 6.45) is 6.80. The van der Waals surface area contributed by atoms with Crippen LogP contribution in [0.2, 0.25) is 0 Å². The number of nitrogens with zero attached hydrogens (tertiary/aromatic N) is 1. The molecule has 1 atom stereocenters. The van der Waals surface area contributed by atoms with E-state index < -0.39 is 0 Å². The number of carbonyl (C=O) groups is 1. The lowest BCUT2D eigenvalue weighted by atomic mass is 9.90. The van der Waals surface area contributed by atoms with Crippen molar-refractivity contribution in [3.05, 3.63) is 69.7 Å². The number of rotatable bonds is 6. The minimum atomic E-state index is -0.0812. The number of benzene rings is 1. The van der Waals surface area contributed by atoms with Crippen LogP contribution in [0.25, 0.3) is 0 Å². The van der Waals surface area contributed by atoms with E-state index in [0.29, 0.717) is 29.7 Å². The number of thiophene rings is 1. The highest BCUT2D eigenvalue weighted by Gasteiger charge is 2.21. The van der Waals surface area contributed by atoms with Gasteiger partial charge in [0.2, 0.25) is 0 Å². The molecule has 5 nitrogen and oxygen atoms in total. The van der Waals surface area contributed by atoms with Crippen molar-refractivity contribution in [2.24, 2.45) is 5.92 Å². The molecule has 6 heteroatoms. The summed E-state index contributed by atoms with van der Waals surface area (Å²) >= 11 is 1.61. The van der Waals surface area contributed by atoms with Crippen molar-refractivity contribution in [1.29, 1.82) is 0 Å². The summed E-state index contributed by atoms with van der Waals surface area (Å²) in [5.74, 6) is 1.82. The Kier molecular flexibility index (Phi) is 5.81. The second-order valence-electron chi connectivity index (χ2n) is 7.37. The van der Waals surface area contributed by atoms with Crippen LogP contribution >= 0.6 is 11.3 Å². The van der Waals surface area contributed by atoms with Crippen LogP contribution in [0.5, 0.6) is 11.5 Å². The van der Waals surface area contributed by atoms with Gasteiger partial charge in [-0.15, -0.1) is 11.3 Å². The molecule has 1 N–H and O–H groups in total. The Hall–Kier alpha value is -2.86. The molecule has 1 unspecified atom stereocenters. The predicted octanol–water partition coefficient (Wildman–Crippen LogP) is 5.11. The Bertz CT molecular complexity index is 1000. The van der Waals surface area contributed by atoms with E-state index in [2.05, 4.69) is 23.3 Å². The number of carbonyl (C=O) groups excluding carboxylic acids is 1. The normalized spacial score (nSPS) is 15.4. The van der Waals surface area contributed by atoms with Gasteiger partial charge in [-0.25, -0.2) is 0 Å². The lowest BCUT2D eigenvalue weighted by molar-refractivity contribution is 0.103. The molecular formula is C23H24N2O3S. The molecule has 4 rings (SSSR count). The summed E-state index contributed by atoms with van der Waals surface area (Å²) in [7, 11) is 1.60. The summed E-state index contributed by atoms with van der Waals surface area (Å²) in [4.78, 5) is 18.9. The average molecular weight is 409 g/mol. The van der Waals surface area contributed by atoms with E-state index in [0.717, 1.165) is 23.3 Å². The van der Waals surface area contributed by atoms with Crippen molar-refractivity contribution < 1.29 is 14.3 Å². The van der Waals surface area contributed by atoms with Crippen molar-refractivity contribution >= 4 is 22.9 Å². The minimum Gasteiger partial charge on any atom is -0.493 e. The maximum atomic E-state index is 12.8. The Morgan fingerprint density at radius 2 is 2.03 bits per heavy atom. The number of pyridine rings is 1. The second-order valence-corrected chi connectivity index (χ2v) is 8.51. The molecule has 29 heavy (non-hydrogen) atoms. The minimum absolute atomic E-state index is 0.0812. The number of ether oxygens (including phenoxy) is 2. The molecule has 0 radical (unpaired) electrons. The lowest BCUT2D eigenvalue weighted by Crippen LogP contribution is -2.10. The van der Waals surface area contributed by atoms with Gasteiger partial charge in [-0.05, 0) is 66.6 Å². The van der Waals surface area contributed by atoms with Gasteiger partial charge in [0, 0.05) is 29.0 Å². The third-order valence-electron chi connectivity index (χ3n) is 5.12. The maximum Gasteiger partial charge on any atom is 0.265 e. The quantitative estimate of drug-likeness (QED) is 0.616. The van der Waals surface area contributed by atoms with Crippen molar-refractivity contribution in [3.63, 3.8) is 0 Å². The number of hydrogen-bond donors (Lipinski definition) is 1. The standard InChI is InChI=1S/C23H24N2O3S/c1-15-3-6-21-17(11-15)12-22(29-21)23(26)25-18-4-5-19(27-2)20(13-18)28-14-16-7-9-24-10-8-16/h4-5,7-10,12-13,15H,3,6,11,14H2,1-2H3,(H,25,26). The number of anilines is 1. The topological polar surface area (TPSA) is 60.5 Å². The molecule has 0 saturated heterocycles. The van der Waals surface area contributed by atoms with Crippen molar-refractivity contribution in [2.45, 2.75) is 32.8 Å². The van der Waals surface area contributed by atoms with E-state index in [9.17, 15) is 4.79 Å². The van der Waals surface area contributed by atoms with E-state index >= 15 is 0 Å². The largest absolute Gasteiger partial charge is 0.493 e. The first-order chi connectivity index (χ1) is 14.1. The third kappa shape index (κ3) is 4.59. The fourth-order valence-electron chi connectivity index (χ4n) is 3.52. The summed E-state index contributed by atoms with van der Waals surface area (Å²) in [6, 6.07) is 11.3. The maximum absolute atomic E-state index is 12.8. The van der Waals surface area contributed by atoms with E-state index in [1.807, 2.05) is 18.2 Å². The molecular weight excluding hydrogens is 384 g/mol. The summed E-state index contributed by atoms with van der Waals surface area (Å²) in [5, 5.41) is 2.99. The Balaban J connectivity index is 1.47. The monoisotopic (exact) mass is 408 g/mol. The van der Waals surface area contributed by atoms with Crippen LogP contribution < -0.4 is 14.8 Å². The molecule has 3 aromatic rings. The highest BCUT2D eigenvalue weighted by Crippen LogP contribution is 2.34. The van der Waals surface area contributed by atoms with Crippen LogP contribution in [0.4, 0.5) is 5.69 Å². The van der Waals surface area contributed by atoms with Gasteiger partial charge in [0.1, 0.15) is 6.61 Å². The molecule has 0 aliphatic heterocycles. The second kappa shape index (κ2) is 8.66. The fourth-order valence-corrected chi connectivity index (χ4v) is 4.62. The molecule has 0 fully saturated rings. The van der Waals surface area contributed by atoms with Crippen LogP contribution in [0.15, 0.2) is 48.8 Å². The highest BCUT2D eigenvalue weighted by atomic mass is 32.1. The zero-order valence-corrected chi connectivity index (χ0v) is 17.4. The van der Waals surface area contributed by atoms with Crippen LogP contribution in [-0.2, 0) is 19.4 Å². The zero-order valence-electron chi connectivity index (χ0n) is 16.6. The van der Waals surface area contributed by atoms with Crippen molar-refractivity contribution in [1.82, 2.24) is 4.98 Å². The molecule has 0 spiro atoms. The number of methoxy groups -OCH3 is 1. The van der Waals surface area contributed by atoms with Crippen LogP contribution in [0.1, 0.15) is 39.0 Å². The van der Waals surface area contributed by atoms with Crippen LogP contribution in [0.3, 0.4) is 0 Å². The summed E-state index contributed by atoms with van der Waals surface area (Å²) in [5.41, 5.74) is 3.02. The smallest absolute Gasteiger partial charge is 0.265 e. The van der Waals surface area contributed by atoms with Crippen molar-refractivity contribution in [2.75, 3.05) is 12.4 Å². The van der Waals surface area contributed by atoms with Gasteiger partial charge in [0.15, 0.2) is 11.5 Å². The van der Waals surface area contributed by atoms with Gasteiger partial charge in [-0.2, -0.15) is 0 Å². The zero-order chi connectivity index (χ0) is 20.2. The van der Waals surface area contributed by atoms with E-state index in [-0.39, 0.29) is 5.91 Å². The lowest BCUT2D eigenvalue weighted by Gasteiger charge is -2.16. The Morgan fingerprint density at radius 1 is 1.21 bits per heavy atom. The first-order valence-electron chi connectivity index (χ1n) is 9.75. The van der Waals surface area contributed by atoms with E-state index in [4.69, 9.17) is 9.47 Å². The first-order valence-corrected chi connectivity index (χ1v) is 10.6. The molecule has 0 bridgehead atoms. The third-order valence-corrected chi connectivity index (χ3v) is 6.35. The van der Waals surface area contributed by atoms with Crippen LogP contribution in [-0.4, -0.2) is 18.0 Å². The number of aromatic nitrogens is 1. The van der Waals surface area contributed by atoms with E-state index in [1.54, 1.807) is 43.0 Å². The average Bonchev–Trinajstić information content (AvgIpc) is 3.16. The molecule has 2 heterocycles. The molecule has 1 aliphatic rings. The van der Waals surface area contributed by atoms with Gasteiger partial charge in [-0.3, -0.25) is 9.78 Å². The number of nitrogens with one attached hydrogen (secondary N) is 1. The van der Waals surface area contributed by atoms with Gasteiger partial charge in [0.05, 0.1) is 12.0 Å². The first kappa shape index (κ1) is 19.5. The Labute approximate surface area is 174 Å². The Morgan fingerprint density at radius 3 is 2.83 bits per heavy atom. The molecule has 150 valence electrons. The SMILES string of the molecule is COc1ccc(NC(=O)c2cc3c(s2)CCC(C)C3)cc1OCc1ccncc1. The molecule has 1 amide bonds. The molecule has 1 aliphatic carbocycles. The summed E-state index contributed by atoms with van der Waals surface area (Å²) in [6.45, 7) is 2.66. The number of hydrogen-bond acceptors (Lipinski definition) is 5. The summed E-state index contributed by atoms with van der Waals surface area (Å²) < 4.78 is 11.3. The van der Waals surface area contributed by atoms with E-state index in [1.165, 1.54) is 16.9 Å². The van der Waals surface area contributed by atoms with Gasteiger partial charge >= 0.3 is 0 Å². The molecule has 1 aromatic carbocycles. The molecule has 0 saturated carbocycles. The fraction of sp³-hybridized carbons (Fsp3) is 0.304. The number of amides is 1. The van der Waals surface area contributed by atoms with Gasteiger partial charge < -0.3 is 14.8 Å². The predicted molar refractivity (Wildman–Crippen MR) is 115 cm³/mol. The number of fused-ring (bicyclic) bond motifs is 1.